The molecule has 2 atom stereocenters. The normalized spacial score (nSPS) is 20.8. The fourth-order valence-electron chi connectivity index (χ4n) is 3.18. The second kappa shape index (κ2) is 9.11. The summed E-state index contributed by atoms with van der Waals surface area (Å²) >= 11 is 0. The van der Waals surface area contributed by atoms with Gasteiger partial charge in [-0.3, -0.25) is 4.79 Å². The molecule has 0 aliphatic carbocycles. The first-order valence-electron chi connectivity index (χ1n) is 8.34. The second-order valence-electron chi connectivity index (χ2n) is 6.56. The highest BCUT2D eigenvalue weighted by Crippen LogP contribution is 2.24. The molecule has 5 nitrogen and oxygen atoms in total. The Morgan fingerprint density at radius 1 is 1.33 bits per heavy atom. The van der Waals surface area contributed by atoms with Gasteiger partial charge in [-0.2, -0.15) is 0 Å². The predicted molar refractivity (Wildman–Crippen MR) is 90.1 cm³/mol. The van der Waals surface area contributed by atoms with Gasteiger partial charge in [0.05, 0.1) is 13.0 Å². The Hall–Kier alpha value is -1.50. The number of ether oxygens (including phenoxy) is 1. The maximum absolute atomic E-state index is 12.9. The number of aliphatic hydroxyl groups excluding tert-OH is 1. The molecular formula is C18H27FN2O3. The van der Waals surface area contributed by atoms with E-state index >= 15 is 0 Å². The number of carbonyl (C=O) groups excluding carboxylic acids is 1. The van der Waals surface area contributed by atoms with Crippen LogP contribution in [0.3, 0.4) is 0 Å². The Bertz CT molecular complexity index is 524. The summed E-state index contributed by atoms with van der Waals surface area (Å²) in [6, 6.07) is 6.03. The molecular weight excluding hydrogens is 311 g/mol. The number of aliphatic hydroxyl groups is 1. The van der Waals surface area contributed by atoms with Gasteiger partial charge in [-0.15, -0.1) is 0 Å². The average Bonchev–Trinajstić information content (AvgIpc) is 2.98. The molecule has 1 aromatic rings. The minimum absolute atomic E-state index is 0.0297. The van der Waals surface area contributed by atoms with Crippen molar-refractivity contribution in [3.8, 4) is 0 Å². The monoisotopic (exact) mass is 338 g/mol. The molecule has 0 spiro atoms. The van der Waals surface area contributed by atoms with Crippen LogP contribution in [0.15, 0.2) is 24.3 Å². The van der Waals surface area contributed by atoms with E-state index in [0.717, 1.165) is 18.7 Å². The van der Waals surface area contributed by atoms with Crippen molar-refractivity contribution in [3.05, 3.63) is 35.6 Å². The van der Waals surface area contributed by atoms with E-state index in [1.165, 1.54) is 12.1 Å². The molecule has 0 bridgehead atoms. The quantitative estimate of drug-likeness (QED) is 0.769. The van der Waals surface area contributed by atoms with Crippen molar-refractivity contribution in [2.24, 2.45) is 11.8 Å². The molecule has 1 saturated heterocycles. The van der Waals surface area contributed by atoms with Gasteiger partial charge in [0, 0.05) is 45.8 Å². The van der Waals surface area contributed by atoms with Crippen LogP contribution >= 0.6 is 0 Å². The third kappa shape index (κ3) is 5.26. The van der Waals surface area contributed by atoms with Crippen LogP contribution in [0.25, 0.3) is 0 Å². The second-order valence-corrected chi connectivity index (χ2v) is 6.56. The van der Waals surface area contributed by atoms with Crippen molar-refractivity contribution >= 4 is 5.91 Å². The maximum Gasteiger partial charge on any atom is 0.227 e. The van der Waals surface area contributed by atoms with Crippen LogP contribution in [0.5, 0.6) is 0 Å². The van der Waals surface area contributed by atoms with Crippen molar-refractivity contribution in [1.82, 2.24) is 9.80 Å². The molecule has 1 fully saturated rings. The average molecular weight is 338 g/mol. The largest absolute Gasteiger partial charge is 0.396 e. The standard InChI is InChI=1S/C18H27FN2O3/c1-20(7-8-24-2)10-15-11-21(12-16(15)13-22)18(23)9-14-3-5-17(19)6-4-14/h3-6,15-16,22H,7-13H2,1-2H3/t15-,16-/m1/s1. The zero-order chi connectivity index (χ0) is 17.5. The number of hydrogen-bond donors (Lipinski definition) is 1. The number of methoxy groups -OCH3 is 1. The fourth-order valence-corrected chi connectivity index (χ4v) is 3.18. The lowest BCUT2D eigenvalue weighted by molar-refractivity contribution is -0.129. The molecule has 1 aromatic carbocycles. The summed E-state index contributed by atoms with van der Waals surface area (Å²) in [6.07, 6.45) is 0.269. The molecule has 134 valence electrons. The van der Waals surface area contributed by atoms with Gasteiger partial charge in [-0.25, -0.2) is 4.39 Å². The van der Waals surface area contributed by atoms with Gasteiger partial charge in [-0.1, -0.05) is 12.1 Å². The number of benzene rings is 1. The third-order valence-corrected chi connectivity index (χ3v) is 4.66. The number of halogens is 1. The molecule has 2 rings (SSSR count). The number of likely N-dealkylation sites (tertiary alicyclic amines) is 1. The summed E-state index contributed by atoms with van der Waals surface area (Å²) in [5, 5.41) is 9.62. The molecule has 1 aliphatic heterocycles. The Morgan fingerprint density at radius 2 is 2.00 bits per heavy atom. The van der Waals surface area contributed by atoms with Gasteiger partial charge in [-0.05, 0) is 30.7 Å². The van der Waals surface area contributed by atoms with Crippen LogP contribution < -0.4 is 0 Å². The fraction of sp³-hybridized carbons (Fsp3) is 0.611. The van der Waals surface area contributed by atoms with Crippen LogP contribution in [-0.4, -0.2) is 74.4 Å². The van der Waals surface area contributed by atoms with E-state index in [2.05, 4.69) is 4.90 Å². The van der Waals surface area contributed by atoms with Crippen molar-refractivity contribution in [2.45, 2.75) is 6.42 Å². The lowest BCUT2D eigenvalue weighted by atomic mass is 9.96. The van der Waals surface area contributed by atoms with E-state index < -0.39 is 0 Å². The van der Waals surface area contributed by atoms with Gasteiger partial charge in [0.1, 0.15) is 5.82 Å². The van der Waals surface area contributed by atoms with Crippen molar-refractivity contribution < 1.29 is 19.0 Å². The molecule has 24 heavy (non-hydrogen) atoms. The minimum atomic E-state index is -0.299. The molecule has 1 heterocycles. The number of rotatable bonds is 8. The molecule has 0 aromatic heterocycles. The molecule has 0 unspecified atom stereocenters. The number of amides is 1. The summed E-state index contributed by atoms with van der Waals surface area (Å²) in [4.78, 5) is 16.5. The highest BCUT2D eigenvalue weighted by atomic mass is 19.1. The van der Waals surface area contributed by atoms with Crippen molar-refractivity contribution in [1.29, 1.82) is 0 Å². The highest BCUT2D eigenvalue weighted by molar-refractivity contribution is 5.79. The van der Waals surface area contributed by atoms with Gasteiger partial charge in [0.25, 0.3) is 0 Å². The van der Waals surface area contributed by atoms with Crippen LogP contribution in [0.1, 0.15) is 5.56 Å². The van der Waals surface area contributed by atoms with Crippen LogP contribution in [0.4, 0.5) is 4.39 Å². The number of hydrogen-bond acceptors (Lipinski definition) is 4. The molecule has 1 aliphatic rings. The summed E-state index contributed by atoms with van der Waals surface area (Å²) in [5.74, 6) is 0.0927. The number of nitrogens with zero attached hydrogens (tertiary/aromatic N) is 2. The first-order valence-corrected chi connectivity index (χ1v) is 8.34. The lowest BCUT2D eigenvalue weighted by Gasteiger charge is -2.23. The van der Waals surface area contributed by atoms with E-state index in [1.54, 1.807) is 19.2 Å². The summed E-state index contributed by atoms with van der Waals surface area (Å²) in [7, 11) is 3.70. The van der Waals surface area contributed by atoms with E-state index in [-0.39, 0.29) is 36.6 Å². The van der Waals surface area contributed by atoms with Crippen molar-refractivity contribution in [3.63, 3.8) is 0 Å². The Labute approximate surface area is 143 Å². The zero-order valence-electron chi connectivity index (χ0n) is 14.4. The summed E-state index contributed by atoms with van der Waals surface area (Å²) < 4.78 is 18.0. The minimum Gasteiger partial charge on any atom is -0.396 e. The summed E-state index contributed by atoms with van der Waals surface area (Å²) in [6.45, 7) is 3.65. The van der Waals surface area contributed by atoms with Crippen LogP contribution in [-0.2, 0) is 16.0 Å². The molecule has 1 amide bonds. The Morgan fingerprint density at radius 3 is 2.62 bits per heavy atom. The van der Waals surface area contributed by atoms with Crippen LogP contribution in [0, 0.1) is 17.7 Å². The van der Waals surface area contributed by atoms with Gasteiger partial charge in [0.2, 0.25) is 5.91 Å². The number of likely N-dealkylation sites (N-methyl/N-ethyl adjacent to an activating group) is 1. The van der Waals surface area contributed by atoms with E-state index in [1.807, 2.05) is 11.9 Å². The molecule has 1 N–H and O–H groups in total. The van der Waals surface area contributed by atoms with Gasteiger partial charge < -0.3 is 19.6 Å². The Kier molecular flexibility index (Phi) is 7.15. The zero-order valence-corrected chi connectivity index (χ0v) is 14.4. The molecule has 0 saturated carbocycles. The Balaban J connectivity index is 1.89. The van der Waals surface area contributed by atoms with E-state index in [4.69, 9.17) is 4.74 Å². The SMILES string of the molecule is COCCN(C)C[C@@H]1CN(C(=O)Cc2ccc(F)cc2)C[C@@H]1CO. The maximum atomic E-state index is 12.9. The van der Waals surface area contributed by atoms with Gasteiger partial charge in [0.15, 0.2) is 0 Å². The smallest absolute Gasteiger partial charge is 0.227 e. The van der Waals surface area contributed by atoms with E-state index in [0.29, 0.717) is 19.7 Å². The summed E-state index contributed by atoms with van der Waals surface area (Å²) in [5.41, 5.74) is 0.808. The molecule has 0 radical (unpaired) electrons. The third-order valence-electron chi connectivity index (χ3n) is 4.66. The highest BCUT2D eigenvalue weighted by Gasteiger charge is 2.35. The number of carbonyl (C=O) groups is 1. The lowest BCUT2D eigenvalue weighted by Crippen LogP contribution is -2.34. The van der Waals surface area contributed by atoms with Crippen LogP contribution in [0.2, 0.25) is 0 Å². The predicted octanol–water partition coefficient (Wildman–Crippen LogP) is 1.01. The molecule has 6 heteroatoms. The van der Waals surface area contributed by atoms with Crippen molar-refractivity contribution in [2.75, 3.05) is 53.6 Å². The first-order chi connectivity index (χ1) is 11.5. The first kappa shape index (κ1) is 18.8. The van der Waals surface area contributed by atoms with Gasteiger partial charge >= 0.3 is 0 Å². The van der Waals surface area contributed by atoms with E-state index in [9.17, 15) is 14.3 Å². The topological polar surface area (TPSA) is 53.0 Å².